The van der Waals surface area contributed by atoms with Gasteiger partial charge in [0.25, 0.3) is 0 Å². The summed E-state index contributed by atoms with van der Waals surface area (Å²) in [5, 5.41) is 8.93. The van der Waals surface area contributed by atoms with Crippen molar-refractivity contribution in [1.82, 2.24) is 4.72 Å². The summed E-state index contributed by atoms with van der Waals surface area (Å²) in [5.41, 5.74) is 4.92. The number of nitrogens with two attached hydrogens (primary N) is 1. The molecule has 1 unspecified atom stereocenters. The second-order valence-corrected chi connectivity index (χ2v) is 7.10. The van der Waals surface area contributed by atoms with Gasteiger partial charge >= 0.3 is 5.97 Å². The second-order valence-electron chi connectivity index (χ2n) is 4.09. The van der Waals surface area contributed by atoms with Crippen LogP contribution in [0.2, 0.25) is 5.02 Å². The van der Waals surface area contributed by atoms with Gasteiger partial charge in [0.05, 0.1) is 5.02 Å². The Morgan fingerprint density at radius 3 is 2.52 bits per heavy atom. The van der Waals surface area contributed by atoms with E-state index in [1.807, 2.05) is 4.72 Å². The lowest BCUT2D eigenvalue weighted by Crippen LogP contribution is -2.41. The first-order valence-electron chi connectivity index (χ1n) is 5.62. The number of carboxylic acids is 1. The van der Waals surface area contributed by atoms with Gasteiger partial charge in [-0.1, -0.05) is 27.5 Å². The van der Waals surface area contributed by atoms with Gasteiger partial charge in [-0.2, -0.15) is 4.72 Å². The Bertz CT molecular complexity index is 665. The number of aliphatic carboxylic acids is 1. The van der Waals surface area contributed by atoms with Gasteiger partial charge < -0.3 is 10.8 Å². The predicted octanol–water partition coefficient (Wildman–Crippen LogP) is 1.10. The second kappa shape index (κ2) is 7.21. The maximum atomic E-state index is 12.1. The zero-order valence-corrected chi connectivity index (χ0v) is 13.7. The van der Waals surface area contributed by atoms with Crippen molar-refractivity contribution in [1.29, 1.82) is 0 Å². The van der Waals surface area contributed by atoms with Crippen molar-refractivity contribution >= 4 is 49.4 Å². The molecule has 1 aromatic rings. The lowest BCUT2D eigenvalue weighted by Gasteiger charge is -2.15. The number of primary amides is 1. The van der Waals surface area contributed by atoms with E-state index in [0.717, 1.165) is 0 Å². The highest BCUT2D eigenvalue weighted by Gasteiger charge is 2.27. The summed E-state index contributed by atoms with van der Waals surface area (Å²) in [7, 11) is -4.14. The summed E-state index contributed by atoms with van der Waals surface area (Å²) >= 11 is 8.97. The number of carbonyl (C=O) groups is 2. The third kappa shape index (κ3) is 5.27. The standard InChI is InChI=1S/C11H12BrClN2O5S/c12-6-1-3-9(7(13)5-6)21(19,20)15-8(11(17)18)2-4-10(14)16/h1,3,5,8,15H,2,4H2,(H2,14,16)(H,17,18). The molecule has 7 nitrogen and oxygen atoms in total. The topological polar surface area (TPSA) is 127 Å². The van der Waals surface area contributed by atoms with Crippen molar-refractivity contribution in [2.45, 2.75) is 23.8 Å². The highest BCUT2D eigenvalue weighted by atomic mass is 79.9. The molecule has 21 heavy (non-hydrogen) atoms. The molecule has 1 amide bonds. The van der Waals surface area contributed by atoms with Crippen LogP contribution < -0.4 is 10.5 Å². The minimum Gasteiger partial charge on any atom is -0.480 e. The van der Waals surface area contributed by atoms with Crippen LogP contribution in [-0.2, 0) is 19.6 Å². The number of hydrogen-bond donors (Lipinski definition) is 3. The fourth-order valence-electron chi connectivity index (χ4n) is 1.46. The van der Waals surface area contributed by atoms with Gasteiger partial charge in [0, 0.05) is 10.9 Å². The van der Waals surface area contributed by atoms with Crippen molar-refractivity contribution < 1.29 is 23.1 Å². The maximum absolute atomic E-state index is 12.1. The Hall–Kier alpha value is -1.16. The van der Waals surface area contributed by atoms with Gasteiger partial charge in [-0.05, 0) is 24.6 Å². The number of amides is 1. The van der Waals surface area contributed by atoms with Crippen molar-refractivity contribution in [3.05, 3.63) is 27.7 Å². The van der Waals surface area contributed by atoms with Crippen LogP contribution in [-0.4, -0.2) is 31.4 Å². The minimum absolute atomic E-state index is 0.0593. The molecule has 0 aliphatic rings. The maximum Gasteiger partial charge on any atom is 0.321 e. The predicted molar refractivity (Wildman–Crippen MR) is 79.3 cm³/mol. The SMILES string of the molecule is NC(=O)CCC(NS(=O)(=O)c1ccc(Br)cc1Cl)C(=O)O. The van der Waals surface area contributed by atoms with Crippen LogP contribution in [0.3, 0.4) is 0 Å². The zero-order chi connectivity index (χ0) is 16.2. The van der Waals surface area contributed by atoms with Crippen molar-refractivity contribution in [2.24, 2.45) is 5.73 Å². The number of hydrogen-bond acceptors (Lipinski definition) is 4. The Labute approximate surface area is 134 Å². The van der Waals surface area contributed by atoms with Crippen molar-refractivity contribution in [3.8, 4) is 0 Å². The Balaban J connectivity index is 3.00. The van der Waals surface area contributed by atoms with Crippen LogP contribution in [0.4, 0.5) is 0 Å². The molecule has 1 aromatic carbocycles. The van der Waals surface area contributed by atoms with Crippen LogP contribution >= 0.6 is 27.5 Å². The highest BCUT2D eigenvalue weighted by Crippen LogP contribution is 2.25. The van der Waals surface area contributed by atoms with Crippen LogP contribution in [0.15, 0.2) is 27.6 Å². The summed E-state index contributed by atoms with van der Waals surface area (Å²) < 4.78 is 26.8. The summed E-state index contributed by atoms with van der Waals surface area (Å²) in [4.78, 5) is 21.5. The Morgan fingerprint density at radius 1 is 1.43 bits per heavy atom. The van der Waals surface area contributed by atoms with Gasteiger partial charge in [-0.3, -0.25) is 9.59 Å². The molecule has 0 aliphatic heterocycles. The molecule has 0 saturated carbocycles. The van der Waals surface area contributed by atoms with E-state index in [1.165, 1.54) is 18.2 Å². The fourth-order valence-corrected chi connectivity index (χ4v) is 3.72. The normalized spacial score (nSPS) is 12.9. The number of benzene rings is 1. The van der Waals surface area contributed by atoms with E-state index >= 15 is 0 Å². The molecule has 0 fully saturated rings. The first kappa shape index (κ1) is 17.9. The van der Waals surface area contributed by atoms with E-state index in [0.29, 0.717) is 4.47 Å². The average Bonchev–Trinajstić information content (AvgIpc) is 2.33. The van der Waals surface area contributed by atoms with E-state index in [9.17, 15) is 18.0 Å². The molecule has 0 radical (unpaired) electrons. The van der Waals surface area contributed by atoms with Gasteiger partial charge in [0.15, 0.2) is 0 Å². The smallest absolute Gasteiger partial charge is 0.321 e. The average molecular weight is 400 g/mol. The molecule has 0 heterocycles. The molecule has 1 rings (SSSR count). The molecule has 116 valence electrons. The Kier molecular flexibility index (Phi) is 6.14. The summed E-state index contributed by atoms with van der Waals surface area (Å²) in [6, 6.07) is 2.60. The van der Waals surface area contributed by atoms with Crippen LogP contribution in [0.1, 0.15) is 12.8 Å². The zero-order valence-electron chi connectivity index (χ0n) is 10.5. The van der Waals surface area contributed by atoms with Crippen LogP contribution in [0.25, 0.3) is 0 Å². The van der Waals surface area contributed by atoms with Gasteiger partial charge in [0.1, 0.15) is 10.9 Å². The van der Waals surface area contributed by atoms with Gasteiger partial charge in [0.2, 0.25) is 15.9 Å². The van der Waals surface area contributed by atoms with Crippen LogP contribution in [0, 0.1) is 0 Å². The first-order valence-corrected chi connectivity index (χ1v) is 8.27. The monoisotopic (exact) mass is 398 g/mol. The van der Waals surface area contributed by atoms with E-state index in [1.54, 1.807) is 0 Å². The lowest BCUT2D eigenvalue weighted by atomic mass is 10.2. The first-order chi connectivity index (χ1) is 9.63. The molecule has 0 aromatic heterocycles. The minimum atomic E-state index is -4.14. The van der Waals surface area contributed by atoms with Crippen molar-refractivity contribution in [2.75, 3.05) is 0 Å². The molecule has 4 N–H and O–H groups in total. The van der Waals surface area contributed by atoms with E-state index in [4.69, 9.17) is 22.4 Å². The lowest BCUT2D eigenvalue weighted by molar-refractivity contribution is -0.139. The van der Waals surface area contributed by atoms with Gasteiger partial charge in [-0.15, -0.1) is 0 Å². The number of sulfonamides is 1. The molecule has 0 spiro atoms. The third-order valence-electron chi connectivity index (χ3n) is 2.46. The number of halogens is 2. The molecule has 10 heteroatoms. The number of carbonyl (C=O) groups excluding carboxylic acids is 1. The number of rotatable bonds is 7. The molecule has 0 bridgehead atoms. The van der Waals surface area contributed by atoms with E-state index in [-0.39, 0.29) is 22.8 Å². The highest BCUT2D eigenvalue weighted by molar-refractivity contribution is 9.10. The summed E-state index contributed by atoms with van der Waals surface area (Å²) in [5.74, 6) is -2.13. The third-order valence-corrected chi connectivity index (χ3v) is 4.91. The summed E-state index contributed by atoms with van der Waals surface area (Å²) in [6.07, 6.45) is -0.508. The van der Waals surface area contributed by atoms with Crippen molar-refractivity contribution in [3.63, 3.8) is 0 Å². The number of carboxylic acid groups (broad SMARTS) is 1. The molecular weight excluding hydrogens is 388 g/mol. The molecular formula is C11H12BrClN2O5S. The number of nitrogens with one attached hydrogen (secondary N) is 1. The molecule has 0 saturated heterocycles. The fraction of sp³-hybridized carbons (Fsp3) is 0.273. The summed E-state index contributed by atoms with van der Waals surface area (Å²) in [6.45, 7) is 0. The molecule has 1 atom stereocenters. The van der Waals surface area contributed by atoms with E-state index < -0.39 is 27.9 Å². The quantitative estimate of drug-likeness (QED) is 0.633. The molecule has 0 aliphatic carbocycles. The van der Waals surface area contributed by atoms with Gasteiger partial charge in [-0.25, -0.2) is 8.42 Å². The Morgan fingerprint density at radius 2 is 2.05 bits per heavy atom. The van der Waals surface area contributed by atoms with E-state index in [2.05, 4.69) is 15.9 Å². The largest absolute Gasteiger partial charge is 0.480 e. The van der Waals surface area contributed by atoms with Crippen LogP contribution in [0.5, 0.6) is 0 Å².